The van der Waals surface area contributed by atoms with Crippen LogP contribution in [-0.2, 0) is 16.1 Å². The fourth-order valence-electron chi connectivity index (χ4n) is 4.54. The number of carbonyl (C=O) groups is 3. The zero-order chi connectivity index (χ0) is 21.8. The summed E-state index contributed by atoms with van der Waals surface area (Å²) in [6.45, 7) is 0.321. The van der Waals surface area contributed by atoms with Crippen molar-refractivity contribution in [2.24, 2.45) is 0 Å². The second kappa shape index (κ2) is 7.11. The second-order valence-corrected chi connectivity index (χ2v) is 8.56. The molecule has 1 aromatic carbocycles. The summed E-state index contributed by atoms with van der Waals surface area (Å²) in [6.07, 6.45) is 7.97. The van der Waals surface area contributed by atoms with Crippen LogP contribution in [0.1, 0.15) is 54.1 Å². The highest BCUT2D eigenvalue weighted by Gasteiger charge is 2.39. The van der Waals surface area contributed by atoms with Crippen molar-refractivity contribution >= 4 is 17.7 Å². The van der Waals surface area contributed by atoms with Crippen LogP contribution >= 0.6 is 0 Å². The molecule has 6 rings (SSSR count). The van der Waals surface area contributed by atoms with Crippen molar-refractivity contribution in [1.29, 1.82) is 0 Å². The Hall–Kier alpha value is -3.82. The first-order valence-electron chi connectivity index (χ1n) is 10.8. The second-order valence-electron chi connectivity index (χ2n) is 8.56. The number of hydrogen-bond acceptors (Lipinski definition) is 6. The standard InChI is InChI=1S/C22H21N7O3/c30-20-7-6-19(21(31)23-20)27-11-13-10-15(4-5-16(13)22(27)32)29-12-18(24-26-29)17-8-9-28(25-17)14-2-1-3-14/h4-5,8-10,12,14,19H,1-3,6-7,11H2,(H,23,30,31). The Morgan fingerprint density at radius 1 is 1.03 bits per heavy atom. The lowest BCUT2D eigenvalue weighted by Crippen LogP contribution is -2.52. The number of amides is 3. The fourth-order valence-corrected chi connectivity index (χ4v) is 4.54. The third-order valence-electron chi connectivity index (χ3n) is 6.58. The Kier molecular flexibility index (Phi) is 4.20. The molecule has 3 amide bonds. The lowest BCUT2D eigenvalue weighted by atomic mass is 9.93. The van der Waals surface area contributed by atoms with Crippen molar-refractivity contribution in [3.8, 4) is 17.1 Å². The topological polar surface area (TPSA) is 115 Å². The molecule has 1 unspecified atom stereocenters. The average Bonchev–Trinajstić information content (AvgIpc) is 3.46. The highest BCUT2D eigenvalue weighted by molar-refractivity contribution is 6.05. The Bertz CT molecular complexity index is 1260. The summed E-state index contributed by atoms with van der Waals surface area (Å²) < 4.78 is 3.67. The molecule has 0 bridgehead atoms. The summed E-state index contributed by atoms with van der Waals surface area (Å²) in [4.78, 5) is 38.1. The molecule has 1 saturated heterocycles. The fraction of sp³-hybridized carbons (Fsp3) is 0.364. The van der Waals surface area contributed by atoms with Crippen LogP contribution < -0.4 is 5.32 Å². The number of nitrogens with zero attached hydrogens (tertiary/aromatic N) is 6. The SMILES string of the molecule is O=C1CCC(N2Cc3cc(-n4cc(-c5ccn(C6CCC6)n5)nn4)ccc3C2=O)C(=O)N1. The van der Waals surface area contributed by atoms with Gasteiger partial charge in [0.15, 0.2) is 0 Å². The van der Waals surface area contributed by atoms with Crippen molar-refractivity contribution in [2.75, 3.05) is 0 Å². The molecular formula is C22H21N7O3. The number of carbonyl (C=O) groups excluding carboxylic acids is 3. The van der Waals surface area contributed by atoms with E-state index in [1.807, 2.05) is 35.3 Å². The molecule has 10 nitrogen and oxygen atoms in total. The number of benzene rings is 1. The quantitative estimate of drug-likeness (QED) is 0.628. The molecule has 162 valence electrons. The number of nitrogens with one attached hydrogen (secondary N) is 1. The molecule has 3 aromatic rings. The van der Waals surface area contributed by atoms with Gasteiger partial charge in [-0.1, -0.05) is 5.21 Å². The van der Waals surface area contributed by atoms with E-state index < -0.39 is 11.9 Å². The third kappa shape index (κ3) is 3.02. The van der Waals surface area contributed by atoms with Crippen LogP contribution in [0.15, 0.2) is 36.7 Å². The predicted molar refractivity (Wildman–Crippen MR) is 112 cm³/mol. The van der Waals surface area contributed by atoms with E-state index in [4.69, 9.17) is 0 Å². The lowest BCUT2D eigenvalue weighted by molar-refractivity contribution is -0.136. The minimum absolute atomic E-state index is 0.193. The van der Waals surface area contributed by atoms with E-state index in [9.17, 15) is 14.4 Å². The summed E-state index contributed by atoms with van der Waals surface area (Å²) in [5.41, 5.74) is 3.63. The molecule has 10 heteroatoms. The lowest BCUT2D eigenvalue weighted by Gasteiger charge is -2.29. The van der Waals surface area contributed by atoms with Crippen molar-refractivity contribution in [1.82, 2.24) is 35.0 Å². The predicted octanol–water partition coefficient (Wildman–Crippen LogP) is 1.62. The van der Waals surface area contributed by atoms with E-state index >= 15 is 0 Å². The van der Waals surface area contributed by atoms with Gasteiger partial charge in [0.1, 0.15) is 17.4 Å². The molecular weight excluding hydrogens is 410 g/mol. The molecule has 4 heterocycles. The summed E-state index contributed by atoms with van der Waals surface area (Å²) in [5, 5.41) is 15.5. The minimum atomic E-state index is -0.625. The molecule has 1 saturated carbocycles. The first kappa shape index (κ1) is 18.9. The number of fused-ring (bicyclic) bond motifs is 1. The first-order chi connectivity index (χ1) is 15.6. The van der Waals surface area contributed by atoms with Gasteiger partial charge in [0, 0.05) is 24.7 Å². The van der Waals surface area contributed by atoms with Crippen LogP contribution in [0, 0.1) is 0 Å². The normalized spacial score (nSPS) is 20.9. The maximum atomic E-state index is 12.9. The minimum Gasteiger partial charge on any atom is -0.322 e. The van der Waals surface area contributed by atoms with Gasteiger partial charge in [-0.15, -0.1) is 5.10 Å². The van der Waals surface area contributed by atoms with Crippen molar-refractivity contribution in [2.45, 2.75) is 50.7 Å². The number of imide groups is 1. The summed E-state index contributed by atoms with van der Waals surface area (Å²) in [7, 11) is 0. The van der Waals surface area contributed by atoms with Crippen LogP contribution in [0.25, 0.3) is 17.1 Å². The zero-order valence-electron chi connectivity index (χ0n) is 17.3. The molecule has 2 aromatic heterocycles. The van der Waals surface area contributed by atoms with E-state index in [2.05, 4.69) is 20.7 Å². The van der Waals surface area contributed by atoms with Gasteiger partial charge in [0.05, 0.1) is 17.9 Å². The molecule has 0 radical (unpaired) electrons. The maximum absolute atomic E-state index is 12.9. The number of aromatic nitrogens is 5. The van der Waals surface area contributed by atoms with Crippen LogP contribution in [0.3, 0.4) is 0 Å². The molecule has 3 aliphatic rings. The largest absolute Gasteiger partial charge is 0.322 e. The van der Waals surface area contributed by atoms with Gasteiger partial charge in [-0.2, -0.15) is 5.10 Å². The van der Waals surface area contributed by atoms with E-state index in [1.54, 1.807) is 10.7 Å². The average molecular weight is 431 g/mol. The zero-order valence-corrected chi connectivity index (χ0v) is 17.3. The molecule has 2 fully saturated rings. The Labute approximate surface area is 183 Å². The van der Waals surface area contributed by atoms with E-state index in [0.717, 1.165) is 29.8 Å². The summed E-state index contributed by atoms with van der Waals surface area (Å²) >= 11 is 0. The molecule has 0 spiro atoms. The van der Waals surface area contributed by atoms with Gasteiger partial charge in [0.25, 0.3) is 5.91 Å². The third-order valence-corrected chi connectivity index (χ3v) is 6.58. The maximum Gasteiger partial charge on any atom is 0.255 e. The van der Waals surface area contributed by atoms with Crippen molar-refractivity contribution in [3.63, 3.8) is 0 Å². The molecule has 1 atom stereocenters. The van der Waals surface area contributed by atoms with E-state index in [-0.39, 0.29) is 18.2 Å². The van der Waals surface area contributed by atoms with E-state index in [0.29, 0.717) is 30.3 Å². The van der Waals surface area contributed by atoms with Gasteiger partial charge in [-0.05, 0) is 55.5 Å². The van der Waals surface area contributed by atoms with Gasteiger partial charge >= 0.3 is 0 Å². The number of rotatable bonds is 4. The van der Waals surface area contributed by atoms with E-state index in [1.165, 1.54) is 11.3 Å². The molecule has 2 aliphatic heterocycles. The summed E-state index contributed by atoms with van der Waals surface area (Å²) in [5.74, 6) is -0.899. The van der Waals surface area contributed by atoms with Crippen molar-refractivity contribution < 1.29 is 14.4 Å². The monoisotopic (exact) mass is 431 g/mol. The first-order valence-corrected chi connectivity index (χ1v) is 10.8. The van der Waals surface area contributed by atoms with Gasteiger partial charge in [-0.25, -0.2) is 4.68 Å². The molecule has 1 aliphatic carbocycles. The van der Waals surface area contributed by atoms with Gasteiger partial charge in [0.2, 0.25) is 11.8 Å². The van der Waals surface area contributed by atoms with Crippen molar-refractivity contribution in [3.05, 3.63) is 47.8 Å². The molecule has 1 N–H and O–H groups in total. The van der Waals surface area contributed by atoms with Gasteiger partial charge in [-0.3, -0.25) is 24.4 Å². The Morgan fingerprint density at radius 3 is 2.69 bits per heavy atom. The number of hydrogen-bond donors (Lipinski definition) is 1. The summed E-state index contributed by atoms with van der Waals surface area (Å²) in [6, 6.07) is 7.28. The smallest absolute Gasteiger partial charge is 0.255 e. The molecule has 32 heavy (non-hydrogen) atoms. The number of piperidine rings is 1. The van der Waals surface area contributed by atoms with Crippen LogP contribution in [0.2, 0.25) is 0 Å². The Balaban J connectivity index is 1.23. The highest BCUT2D eigenvalue weighted by Crippen LogP contribution is 2.32. The highest BCUT2D eigenvalue weighted by atomic mass is 16.2. The van der Waals surface area contributed by atoms with Crippen LogP contribution in [0.5, 0.6) is 0 Å². The van der Waals surface area contributed by atoms with Crippen LogP contribution in [0.4, 0.5) is 0 Å². The Morgan fingerprint density at radius 2 is 1.91 bits per heavy atom. The van der Waals surface area contributed by atoms with Gasteiger partial charge < -0.3 is 4.90 Å². The van der Waals surface area contributed by atoms with Crippen LogP contribution in [-0.4, -0.2) is 53.4 Å².